The quantitative estimate of drug-likeness (QED) is 0.419. The van der Waals surface area contributed by atoms with Crippen LogP contribution in [0, 0.1) is 0 Å². The van der Waals surface area contributed by atoms with Crippen molar-refractivity contribution in [3.63, 3.8) is 0 Å². The highest BCUT2D eigenvalue weighted by atomic mass is 16.5. The van der Waals surface area contributed by atoms with Crippen molar-refractivity contribution >= 4 is 5.96 Å². The number of methoxy groups -OCH3 is 1. The van der Waals surface area contributed by atoms with E-state index in [0.717, 1.165) is 31.4 Å². The first-order chi connectivity index (χ1) is 9.67. The first-order valence-electron chi connectivity index (χ1n) is 6.93. The van der Waals surface area contributed by atoms with E-state index >= 15 is 0 Å². The fourth-order valence-electron chi connectivity index (χ4n) is 1.54. The molecule has 0 radical (unpaired) electrons. The van der Waals surface area contributed by atoms with Crippen LogP contribution in [0.25, 0.3) is 0 Å². The summed E-state index contributed by atoms with van der Waals surface area (Å²) in [4.78, 5) is 8.46. The van der Waals surface area contributed by atoms with Crippen LogP contribution >= 0.6 is 0 Å². The van der Waals surface area contributed by atoms with Gasteiger partial charge in [-0.2, -0.15) is 4.98 Å². The molecule has 1 aromatic heterocycles. The Morgan fingerprint density at radius 1 is 1.35 bits per heavy atom. The Bertz CT molecular complexity index is 403. The molecule has 7 heteroatoms. The van der Waals surface area contributed by atoms with E-state index in [-0.39, 0.29) is 5.92 Å². The Morgan fingerprint density at radius 3 is 2.70 bits per heavy atom. The van der Waals surface area contributed by atoms with Gasteiger partial charge < -0.3 is 19.9 Å². The molecule has 0 saturated carbocycles. The van der Waals surface area contributed by atoms with Crippen molar-refractivity contribution in [1.82, 2.24) is 20.8 Å². The molecule has 7 nitrogen and oxygen atoms in total. The van der Waals surface area contributed by atoms with E-state index < -0.39 is 0 Å². The van der Waals surface area contributed by atoms with E-state index in [1.54, 1.807) is 14.2 Å². The fraction of sp³-hybridized carbons (Fsp3) is 0.769. The lowest BCUT2D eigenvalue weighted by molar-refractivity contribution is 0.195. The zero-order chi connectivity index (χ0) is 14.8. The molecule has 0 aliphatic rings. The molecule has 0 aliphatic heterocycles. The minimum absolute atomic E-state index is 0.288. The number of aromatic nitrogens is 2. The summed E-state index contributed by atoms with van der Waals surface area (Å²) in [6.07, 6.45) is 1.62. The van der Waals surface area contributed by atoms with Gasteiger partial charge in [-0.3, -0.25) is 4.99 Å². The van der Waals surface area contributed by atoms with Crippen LogP contribution in [0.3, 0.4) is 0 Å². The molecular weight excluding hydrogens is 258 g/mol. The Hall–Kier alpha value is -1.63. The van der Waals surface area contributed by atoms with E-state index in [4.69, 9.17) is 9.26 Å². The van der Waals surface area contributed by atoms with Crippen molar-refractivity contribution in [3.8, 4) is 0 Å². The molecule has 114 valence electrons. The van der Waals surface area contributed by atoms with E-state index in [0.29, 0.717) is 18.9 Å². The molecule has 0 spiro atoms. The molecule has 0 fully saturated rings. The average Bonchev–Trinajstić information content (AvgIpc) is 2.90. The number of rotatable bonds is 8. The van der Waals surface area contributed by atoms with Crippen LogP contribution in [-0.2, 0) is 11.2 Å². The number of guanidine groups is 1. The van der Waals surface area contributed by atoms with Gasteiger partial charge in [0.2, 0.25) is 5.89 Å². The SMILES string of the molecule is CN=C(NCCCOC)NCCc1nc(C(C)C)no1. The van der Waals surface area contributed by atoms with Crippen molar-refractivity contribution < 1.29 is 9.26 Å². The van der Waals surface area contributed by atoms with Gasteiger partial charge in [-0.1, -0.05) is 19.0 Å². The van der Waals surface area contributed by atoms with E-state index in [1.807, 2.05) is 13.8 Å². The zero-order valence-corrected chi connectivity index (χ0v) is 12.8. The molecule has 0 saturated heterocycles. The molecule has 1 heterocycles. The Morgan fingerprint density at radius 2 is 2.10 bits per heavy atom. The number of hydrogen-bond donors (Lipinski definition) is 2. The summed E-state index contributed by atoms with van der Waals surface area (Å²) < 4.78 is 10.2. The van der Waals surface area contributed by atoms with Gasteiger partial charge in [-0.15, -0.1) is 0 Å². The maximum atomic E-state index is 5.18. The lowest BCUT2D eigenvalue weighted by Gasteiger charge is -2.10. The lowest BCUT2D eigenvalue weighted by Crippen LogP contribution is -2.39. The van der Waals surface area contributed by atoms with E-state index in [1.165, 1.54) is 0 Å². The summed E-state index contributed by atoms with van der Waals surface area (Å²) in [6, 6.07) is 0. The van der Waals surface area contributed by atoms with Crippen molar-refractivity contribution in [2.24, 2.45) is 4.99 Å². The molecular formula is C13H25N5O2. The summed E-state index contributed by atoms with van der Waals surface area (Å²) in [5, 5.41) is 10.3. The molecule has 1 rings (SSSR count). The third-order valence-corrected chi connectivity index (χ3v) is 2.67. The summed E-state index contributed by atoms with van der Waals surface area (Å²) >= 11 is 0. The molecule has 0 amide bonds. The fourth-order valence-corrected chi connectivity index (χ4v) is 1.54. The number of hydrogen-bond acceptors (Lipinski definition) is 5. The molecule has 2 N–H and O–H groups in total. The second-order valence-corrected chi connectivity index (χ2v) is 4.72. The predicted octanol–water partition coefficient (Wildman–Crippen LogP) is 0.937. The summed E-state index contributed by atoms with van der Waals surface area (Å²) in [5.74, 6) is 2.46. The van der Waals surface area contributed by atoms with Crippen molar-refractivity contribution in [3.05, 3.63) is 11.7 Å². The Labute approximate surface area is 120 Å². The van der Waals surface area contributed by atoms with E-state index in [2.05, 4.69) is 25.8 Å². The van der Waals surface area contributed by atoms with Crippen molar-refractivity contribution in [2.45, 2.75) is 32.6 Å². The van der Waals surface area contributed by atoms with Crippen LogP contribution in [0.1, 0.15) is 37.9 Å². The molecule has 0 aromatic carbocycles. The highest BCUT2D eigenvalue weighted by Crippen LogP contribution is 2.09. The third kappa shape index (κ3) is 6.01. The van der Waals surface area contributed by atoms with Gasteiger partial charge in [0, 0.05) is 46.2 Å². The molecule has 1 aromatic rings. The molecule has 0 atom stereocenters. The zero-order valence-electron chi connectivity index (χ0n) is 12.8. The molecule has 20 heavy (non-hydrogen) atoms. The topological polar surface area (TPSA) is 84.6 Å². The summed E-state index contributed by atoms with van der Waals surface area (Å²) in [6.45, 7) is 6.34. The second-order valence-electron chi connectivity index (χ2n) is 4.72. The summed E-state index contributed by atoms with van der Waals surface area (Å²) in [7, 11) is 3.44. The van der Waals surface area contributed by atoms with Crippen LogP contribution in [0.5, 0.6) is 0 Å². The second kappa shape index (κ2) is 9.30. The van der Waals surface area contributed by atoms with Gasteiger partial charge in [-0.25, -0.2) is 0 Å². The minimum Gasteiger partial charge on any atom is -0.385 e. The predicted molar refractivity (Wildman–Crippen MR) is 77.9 cm³/mol. The van der Waals surface area contributed by atoms with Crippen LogP contribution in [0.15, 0.2) is 9.52 Å². The first-order valence-corrected chi connectivity index (χ1v) is 6.93. The maximum absolute atomic E-state index is 5.18. The Kier molecular flexibility index (Phi) is 7.64. The number of nitrogens with one attached hydrogen (secondary N) is 2. The first kappa shape index (κ1) is 16.4. The molecule has 0 aliphatic carbocycles. The Balaban J connectivity index is 2.23. The van der Waals surface area contributed by atoms with Crippen LogP contribution in [0.4, 0.5) is 0 Å². The number of nitrogens with zero attached hydrogens (tertiary/aromatic N) is 3. The minimum atomic E-state index is 0.288. The largest absolute Gasteiger partial charge is 0.385 e. The number of ether oxygens (including phenoxy) is 1. The smallest absolute Gasteiger partial charge is 0.228 e. The average molecular weight is 283 g/mol. The van der Waals surface area contributed by atoms with Crippen LogP contribution in [0.2, 0.25) is 0 Å². The van der Waals surface area contributed by atoms with Crippen LogP contribution < -0.4 is 10.6 Å². The van der Waals surface area contributed by atoms with Gasteiger partial charge in [-0.05, 0) is 6.42 Å². The van der Waals surface area contributed by atoms with Crippen LogP contribution in [-0.4, -0.2) is 50.0 Å². The van der Waals surface area contributed by atoms with Crippen molar-refractivity contribution in [2.75, 3.05) is 33.9 Å². The lowest BCUT2D eigenvalue weighted by atomic mass is 10.2. The molecule has 0 bridgehead atoms. The van der Waals surface area contributed by atoms with Gasteiger partial charge in [0.05, 0.1) is 0 Å². The highest BCUT2D eigenvalue weighted by Gasteiger charge is 2.09. The monoisotopic (exact) mass is 283 g/mol. The van der Waals surface area contributed by atoms with Gasteiger partial charge >= 0.3 is 0 Å². The van der Waals surface area contributed by atoms with Gasteiger partial charge in [0.1, 0.15) is 0 Å². The van der Waals surface area contributed by atoms with E-state index in [9.17, 15) is 0 Å². The molecule has 0 unspecified atom stereocenters. The summed E-state index contributed by atoms with van der Waals surface area (Å²) in [5.41, 5.74) is 0. The highest BCUT2D eigenvalue weighted by molar-refractivity contribution is 5.79. The van der Waals surface area contributed by atoms with Crippen molar-refractivity contribution in [1.29, 1.82) is 0 Å². The normalized spacial score (nSPS) is 11.9. The van der Waals surface area contributed by atoms with Gasteiger partial charge in [0.25, 0.3) is 0 Å². The van der Waals surface area contributed by atoms with Gasteiger partial charge in [0.15, 0.2) is 11.8 Å². The third-order valence-electron chi connectivity index (χ3n) is 2.67. The maximum Gasteiger partial charge on any atom is 0.228 e. The number of aliphatic imine (C=N–C) groups is 1. The standard InChI is InChI=1S/C13H25N5O2/c1-10(2)12-17-11(20-18-12)6-8-16-13(14-3)15-7-5-9-19-4/h10H,5-9H2,1-4H3,(H2,14,15,16).